The Kier molecular flexibility index (Phi) is 7.41. The highest BCUT2D eigenvalue weighted by Crippen LogP contribution is 2.42. The summed E-state index contributed by atoms with van der Waals surface area (Å²) in [5.41, 5.74) is 4.61. The van der Waals surface area contributed by atoms with Crippen LogP contribution < -0.4 is 5.73 Å². The fraction of sp³-hybridized carbons (Fsp3) is 0.833. The van der Waals surface area contributed by atoms with Gasteiger partial charge in [0.1, 0.15) is 6.04 Å². The Morgan fingerprint density at radius 3 is 2.12 bits per heavy atom. The molecule has 1 fully saturated rings. The predicted molar refractivity (Wildman–Crippen MR) is 91.5 cm³/mol. The van der Waals surface area contributed by atoms with Crippen molar-refractivity contribution in [3.8, 4) is 0 Å². The molecule has 0 aliphatic heterocycles. The van der Waals surface area contributed by atoms with Crippen LogP contribution in [0.2, 0.25) is 0 Å². The summed E-state index contributed by atoms with van der Waals surface area (Å²) in [6, 6.07) is -1.05. The molecule has 1 aliphatic carbocycles. The molecule has 0 bridgehead atoms. The van der Waals surface area contributed by atoms with Crippen LogP contribution in [0.15, 0.2) is 0 Å². The smallest absolute Gasteiger partial charge is 0.326 e. The minimum atomic E-state index is -1.05. The highest BCUT2D eigenvalue weighted by Gasteiger charge is 2.44. The maximum Gasteiger partial charge on any atom is 0.326 e. The van der Waals surface area contributed by atoms with Gasteiger partial charge in [-0.05, 0) is 33.6 Å². The van der Waals surface area contributed by atoms with E-state index in [1.807, 2.05) is 0 Å². The van der Waals surface area contributed by atoms with Gasteiger partial charge in [-0.15, -0.1) is 0 Å². The van der Waals surface area contributed by atoms with E-state index < -0.39 is 41.1 Å². The second-order valence-electron chi connectivity index (χ2n) is 7.90. The van der Waals surface area contributed by atoms with E-state index in [9.17, 15) is 19.5 Å². The molecular formula is C18H31NO6. The number of nitrogens with two attached hydrogens (primary N) is 1. The summed E-state index contributed by atoms with van der Waals surface area (Å²) in [7, 11) is 0. The predicted octanol–water partition coefficient (Wildman–Crippen LogP) is 2.61. The summed E-state index contributed by atoms with van der Waals surface area (Å²) >= 11 is 0. The van der Waals surface area contributed by atoms with E-state index in [1.165, 1.54) is 0 Å². The summed E-state index contributed by atoms with van der Waals surface area (Å²) < 4.78 is 10.5. The zero-order chi connectivity index (χ0) is 19.3. The Labute approximate surface area is 149 Å². The number of carboxylic acid groups (broad SMARTS) is 1. The summed E-state index contributed by atoms with van der Waals surface area (Å²) in [6.07, 6.45) is 2.95. The van der Waals surface area contributed by atoms with Crippen LogP contribution >= 0.6 is 0 Å². The van der Waals surface area contributed by atoms with Gasteiger partial charge in [0.2, 0.25) is 6.29 Å². The summed E-state index contributed by atoms with van der Waals surface area (Å²) in [5, 5.41) is 9.22. The SMILES string of the molecule is CCC(OC(=O)C(N)C1(CC(=O)O)CCCCC1)OC(=O)C(C)(C)C. The van der Waals surface area contributed by atoms with Crippen molar-refractivity contribution in [1.29, 1.82) is 0 Å². The van der Waals surface area contributed by atoms with Crippen LogP contribution in [0.4, 0.5) is 0 Å². The summed E-state index contributed by atoms with van der Waals surface area (Å²) in [6.45, 7) is 6.85. The Morgan fingerprint density at radius 2 is 1.68 bits per heavy atom. The molecule has 0 aromatic heterocycles. The standard InChI is InChI=1S/C18H31NO6/c1-5-13(25-16(23)17(2,3)4)24-15(22)14(19)18(11-12(20)21)9-7-6-8-10-18/h13-14H,5-11,19H2,1-4H3,(H,20,21). The fourth-order valence-electron chi connectivity index (χ4n) is 3.09. The number of carbonyl (C=O) groups excluding carboxylic acids is 2. The maximum absolute atomic E-state index is 12.5. The highest BCUT2D eigenvalue weighted by molar-refractivity contribution is 5.79. The Morgan fingerprint density at radius 1 is 1.12 bits per heavy atom. The number of rotatable bonds is 7. The quantitative estimate of drug-likeness (QED) is 0.531. The van der Waals surface area contributed by atoms with Gasteiger partial charge in [-0.25, -0.2) is 0 Å². The molecular weight excluding hydrogens is 326 g/mol. The van der Waals surface area contributed by atoms with Crippen molar-refractivity contribution in [2.75, 3.05) is 0 Å². The molecule has 1 saturated carbocycles. The van der Waals surface area contributed by atoms with Gasteiger partial charge in [-0.1, -0.05) is 26.2 Å². The lowest BCUT2D eigenvalue weighted by Crippen LogP contribution is -2.51. The zero-order valence-electron chi connectivity index (χ0n) is 15.7. The van der Waals surface area contributed by atoms with Gasteiger partial charge >= 0.3 is 17.9 Å². The van der Waals surface area contributed by atoms with Crippen molar-refractivity contribution in [1.82, 2.24) is 0 Å². The molecule has 0 aromatic carbocycles. The van der Waals surface area contributed by atoms with E-state index in [0.717, 1.165) is 19.3 Å². The van der Waals surface area contributed by atoms with Gasteiger partial charge in [-0.3, -0.25) is 14.4 Å². The summed E-state index contributed by atoms with van der Waals surface area (Å²) in [5.74, 6) is -2.16. The lowest BCUT2D eigenvalue weighted by molar-refractivity contribution is -0.197. The van der Waals surface area contributed by atoms with E-state index in [-0.39, 0.29) is 6.42 Å². The van der Waals surface area contributed by atoms with Crippen LogP contribution in [0.3, 0.4) is 0 Å². The molecule has 1 rings (SSSR count). The molecule has 0 saturated heterocycles. The Hall–Kier alpha value is -1.63. The maximum atomic E-state index is 12.5. The van der Waals surface area contributed by atoms with E-state index in [4.69, 9.17) is 15.2 Å². The monoisotopic (exact) mass is 357 g/mol. The molecule has 0 aromatic rings. The Bertz CT molecular complexity index is 490. The van der Waals surface area contributed by atoms with Gasteiger partial charge in [0, 0.05) is 11.8 Å². The molecule has 0 heterocycles. The third-order valence-corrected chi connectivity index (χ3v) is 4.70. The number of ether oxygens (including phenoxy) is 2. The van der Waals surface area contributed by atoms with Crippen molar-refractivity contribution in [3.05, 3.63) is 0 Å². The fourth-order valence-corrected chi connectivity index (χ4v) is 3.09. The normalized spacial score (nSPS) is 19.6. The minimum Gasteiger partial charge on any atom is -0.481 e. The lowest BCUT2D eigenvalue weighted by atomic mass is 9.67. The van der Waals surface area contributed by atoms with E-state index in [2.05, 4.69) is 0 Å². The molecule has 7 nitrogen and oxygen atoms in total. The molecule has 144 valence electrons. The van der Waals surface area contributed by atoms with Crippen LogP contribution in [0.25, 0.3) is 0 Å². The third kappa shape index (κ3) is 5.99. The Balaban J connectivity index is 2.80. The molecule has 7 heteroatoms. The number of esters is 2. The van der Waals surface area contributed by atoms with Gasteiger partial charge in [0.05, 0.1) is 11.8 Å². The van der Waals surface area contributed by atoms with Crippen LogP contribution in [0.5, 0.6) is 0 Å². The third-order valence-electron chi connectivity index (χ3n) is 4.70. The average Bonchev–Trinajstić information content (AvgIpc) is 2.52. The largest absolute Gasteiger partial charge is 0.481 e. The first-order chi connectivity index (χ1) is 11.5. The number of carboxylic acids is 1. The van der Waals surface area contributed by atoms with Crippen LogP contribution in [-0.2, 0) is 23.9 Å². The molecule has 2 atom stereocenters. The molecule has 3 N–H and O–H groups in total. The summed E-state index contributed by atoms with van der Waals surface area (Å²) in [4.78, 5) is 35.7. The second kappa shape index (κ2) is 8.65. The van der Waals surface area contributed by atoms with Crippen molar-refractivity contribution in [3.63, 3.8) is 0 Å². The van der Waals surface area contributed by atoms with Crippen LogP contribution in [-0.4, -0.2) is 35.3 Å². The molecule has 1 aliphatic rings. The number of carbonyl (C=O) groups is 3. The lowest BCUT2D eigenvalue weighted by Gasteiger charge is -2.40. The minimum absolute atomic E-state index is 0.165. The number of hydrogen-bond donors (Lipinski definition) is 2. The van der Waals surface area contributed by atoms with Gasteiger partial charge in [0.15, 0.2) is 0 Å². The number of hydrogen-bond acceptors (Lipinski definition) is 6. The van der Waals surface area contributed by atoms with Crippen molar-refractivity contribution < 1.29 is 29.0 Å². The second-order valence-corrected chi connectivity index (χ2v) is 7.90. The molecule has 0 radical (unpaired) electrons. The molecule has 25 heavy (non-hydrogen) atoms. The highest BCUT2D eigenvalue weighted by atomic mass is 16.7. The van der Waals surface area contributed by atoms with Crippen molar-refractivity contribution in [2.45, 2.75) is 85.0 Å². The molecule has 0 spiro atoms. The van der Waals surface area contributed by atoms with Crippen molar-refractivity contribution in [2.24, 2.45) is 16.6 Å². The van der Waals surface area contributed by atoms with Gasteiger partial charge in [-0.2, -0.15) is 0 Å². The first-order valence-corrected chi connectivity index (χ1v) is 8.91. The van der Waals surface area contributed by atoms with Crippen molar-refractivity contribution >= 4 is 17.9 Å². The molecule has 0 amide bonds. The average molecular weight is 357 g/mol. The molecule has 2 unspecified atom stereocenters. The first-order valence-electron chi connectivity index (χ1n) is 8.91. The van der Waals surface area contributed by atoms with E-state index in [0.29, 0.717) is 19.3 Å². The van der Waals surface area contributed by atoms with E-state index in [1.54, 1.807) is 27.7 Å². The number of aliphatic carboxylic acids is 1. The topological polar surface area (TPSA) is 116 Å². The van der Waals surface area contributed by atoms with Crippen LogP contribution in [0, 0.1) is 10.8 Å². The first kappa shape index (κ1) is 21.4. The zero-order valence-corrected chi connectivity index (χ0v) is 15.7. The van der Waals surface area contributed by atoms with E-state index >= 15 is 0 Å². The van der Waals surface area contributed by atoms with Gasteiger partial charge < -0.3 is 20.3 Å². The van der Waals surface area contributed by atoms with Crippen LogP contribution in [0.1, 0.15) is 72.6 Å². The van der Waals surface area contributed by atoms with Gasteiger partial charge in [0.25, 0.3) is 0 Å².